The first-order chi connectivity index (χ1) is 10.3. The molecule has 22 heavy (non-hydrogen) atoms. The summed E-state index contributed by atoms with van der Waals surface area (Å²) in [6, 6.07) is 9.52. The van der Waals surface area contributed by atoms with Crippen LogP contribution < -0.4 is 5.32 Å². The minimum Gasteiger partial charge on any atom is -0.331 e. The van der Waals surface area contributed by atoms with Gasteiger partial charge in [-0.2, -0.15) is 13.2 Å². The number of aromatic nitrogens is 1. The molecule has 0 aliphatic carbocycles. The Hall–Kier alpha value is -2.08. The van der Waals surface area contributed by atoms with Crippen molar-refractivity contribution in [2.75, 3.05) is 5.32 Å². The quantitative estimate of drug-likeness (QED) is 0.657. The summed E-state index contributed by atoms with van der Waals surface area (Å²) in [7, 11) is 0. The number of para-hydroxylation sites is 1. The van der Waals surface area contributed by atoms with Gasteiger partial charge in [-0.05, 0) is 43.2 Å². The monoisotopic (exact) mass is 322 g/mol. The standard InChI is InChI=1S/C16H13F3N2S/c1-9-4-3-5-10(2)14(9)21-15-20-12-7-6-11(16(17,18)19)8-13(12)22-15/h3-8H,1-2H3,(H,20,21). The molecule has 6 heteroatoms. The van der Waals surface area contributed by atoms with Crippen molar-refractivity contribution in [3.8, 4) is 0 Å². The van der Waals surface area contributed by atoms with Crippen LogP contribution in [0, 0.1) is 13.8 Å². The third kappa shape index (κ3) is 2.78. The molecule has 1 heterocycles. The minimum absolute atomic E-state index is 0.517. The molecule has 0 unspecified atom stereocenters. The van der Waals surface area contributed by atoms with E-state index in [1.807, 2.05) is 32.0 Å². The van der Waals surface area contributed by atoms with Crippen LogP contribution in [0.3, 0.4) is 0 Å². The van der Waals surface area contributed by atoms with Crippen molar-refractivity contribution in [3.05, 3.63) is 53.1 Å². The van der Waals surface area contributed by atoms with Crippen LogP contribution in [0.2, 0.25) is 0 Å². The SMILES string of the molecule is Cc1cccc(C)c1Nc1nc2ccc(C(F)(F)F)cc2s1. The molecule has 3 aromatic rings. The Labute approximate surface area is 129 Å². The first-order valence-electron chi connectivity index (χ1n) is 6.65. The number of fused-ring (bicyclic) bond motifs is 1. The second kappa shape index (κ2) is 5.28. The molecular formula is C16H13F3N2S. The van der Waals surface area contributed by atoms with E-state index in [0.717, 1.165) is 28.9 Å². The molecule has 0 spiro atoms. The number of hydrogen-bond donors (Lipinski definition) is 1. The van der Waals surface area contributed by atoms with E-state index in [1.54, 1.807) is 0 Å². The van der Waals surface area contributed by atoms with Crippen LogP contribution in [-0.4, -0.2) is 4.98 Å². The smallest absolute Gasteiger partial charge is 0.331 e. The first-order valence-corrected chi connectivity index (χ1v) is 7.47. The average molecular weight is 322 g/mol. The van der Waals surface area contributed by atoms with E-state index in [-0.39, 0.29) is 0 Å². The number of aryl methyl sites for hydroxylation is 2. The molecule has 1 N–H and O–H groups in total. The molecular weight excluding hydrogens is 309 g/mol. The number of anilines is 2. The fourth-order valence-corrected chi connectivity index (χ4v) is 3.18. The zero-order valence-corrected chi connectivity index (χ0v) is 12.8. The van der Waals surface area contributed by atoms with Crippen LogP contribution in [0.15, 0.2) is 36.4 Å². The van der Waals surface area contributed by atoms with E-state index in [1.165, 1.54) is 17.4 Å². The van der Waals surface area contributed by atoms with Crippen molar-refractivity contribution in [3.63, 3.8) is 0 Å². The van der Waals surface area contributed by atoms with Crippen LogP contribution in [0.5, 0.6) is 0 Å². The van der Waals surface area contributed by atoms with Crippen molar-refractivity contribution in [1.82, 2.24) is 4.98 Å². The second-order valence-corrected chi connectivity index (χ2v) is 6.12. The summed E-state index contributed by atoms with van der Waals surface area (Å²) >= 11 is 1.22. The molecule has 0 aliphatic rings. The Kier molecular flexibility index (Phi) is 3.56. The fourth-order valence-electron chi connectivity index (χ4n) is 2.27. The maximum absolute atomic E-state index is 12.7. The summed E-state index contributed by atoms with van der Waals surface area (Å²) in [4.78, 5) is 4.35. The van der Waals surface area contributed by atoms with Gasteiger partial charge in [0.25, 0.3) is 0 Å². The van der Waals surface area contributed by atoms with Crippen molar-refractivity contribution < 1.29 is 13.2 Å². The highest BCUT2D eigenvalue weighted by atomic mass is 32.1. The zero-order chi connectivity index (χ0) is 15.9. The van der Waals surface area contributed by atoms with Gasteiger partial charge in [-0.15, -0.1) is 0 Å². The number of alkyl halides is 3. The average Bonchev–Trinajstić information content (AvgIpc) is 2.83. The lowest BCUT2D eigenvalue weighted by Gasteiger charge is -2.09. The van der Waals surface area contributed by atoms with Crippen LogP contribution in [0.1, 0.15) is 16.7 Å². The predicted octanol–water partition coefficient (Wildman–Crippen LogP) is 5.68. The van der Waals surface area contributed by atoms with Gasteiger partial charge in [-0.25, -0.2) is 4.98 Å². The van der Waals surface area contributed by atoms with Gasteiger partial charge in [0.05, 0.1) is 15.8 Å². The Morgan fingerprint density at radius 3 is 2.36 bits per heavy atom. The van der Waals surface area contributed by atoms with Gasteiger partial charge in [0.2, 0.25) is 0 Å². The number of benzene rings is 2. The molecule has 0 atom stereocenters. The van der Waals surface area contributed by atoms with Crippen molar-refractivity contribution >= 4 is 32.4 Å². The molecule has 0 fully saturated rings. The maximum Gasteiger partial charge on any atom is 0.416 e. The van der Waals surface area contributed by atoms with E-state index < -0.39 is 11.7 Å². The summed E-state index contributed by atoms with van der Waals surface area (Å²) in [6.45, 7) is 3.95. The van der Waals surface area contributed by atoms with E-state index in [9.17, 15) is 13.2 Å². The van der Waals surface area contributed by atoms with Gasteiger partial charge < -0.3 is 5.32 Å². The molecule has 0 radical (unpaired) electrons. The summed E-state index contributed by atoms with van der Waals surface area (Å²) in [5, 5.41) is 3.80. The van der Waals surface area contributed by atoms with Gasteiger partial charge >= 0.3 is 6.18 Å². The molecule has 0 saturated carbocycles. The van der Waals surface area contributed by atoms with E-state index in [4.69, 9.17) is 0 Å². The first kappa shape index (κ1) is 14.8. The predicted molar refractivity (Wildman–Crippen MR) is 83.8 cm³/mol. The van der Waals surface area contributed by atoms with Gasteiger partial charge in [-0.1, -0.05) is 29.5 Å². The van der Waals surface area contributed by atoms with Crippen molar-refractivity contribution in [2.24, 2.45) is 0 Å². The summed E-state index contributed by atoms with van der Waals surface area (Å²) < 4.78 is 38.7. The Bertz CT molecular complexity index is 817. The third-order valence-electron chi connectivity index (χ3n) is 3.43. The Morgan fingerprint density at radius 1 is 1.05 bits per heavy atom. The van der Waals surface area contributed by atoms with Gasteiger partial charge in [0.15, 0.2) is 5.13 Å². The van der Waals surface area contributed by atoms with Crippen LogP contribution >= 0.6 is 11.3 Å². The highest BCUT2D eigenvalue weighted by Gasteiger charge is 2.30. The lowest BCUT2D eigenvalue weighted by atomic mass is 10.1. The zero-order valence-electron chi connectivity index (χ0n) is 12.0. The maximum atomic E-state index is 12.7. The minimum atomic E-state index is -4.33. The molecule has 0 bridgehead atoms. The molecule has 3 rings (SSSR count). The van der Waals surface area contributed by atoms with E-state index >= 15 is 0 Å². The topological polar surface area (TPSA) is 24.9 Å². The summed E-state index contributed by atoms with van der Waals surface area (Å²) in [5.74, 6) is 0. The molecule has 2 nitrogen and oxygen atoms in total. The Balaban J connectivity index is 1.99. The van der Waals surface area contributed by atoms with Crippen LogP contribution in [0.25, 0.3) is 10.2 Å². The third-order valence-corrected chi connectivity index (χ3v) is 4.36. The van der Waals surface area contributed by atoms with Crippen LogP contribution in [-0.2, 0) is 6.18 Å². The number of nitrogens with zero attached hydrogens (tertiary/aromatic N) is 1. The number of halogens is 3. The lowest BCUT2D eigenvalue weighted by molar-refractivity contribution is -0.137. The lowest BCUT2D eigenvalue weighted by Crippen LogP contribution is -2.03. The molecule has 1 aromatic heterocycles. The second-order valence-electron chi connectivity index (χ2n) is 5.09. The molecule has 114 valence electrons. The molecule has 0 aliphatic heterocycles. The van der Waals surface area contributed by atoms with E-state index in [0.29, 0.717) is 15.3 Å². The highest BCUT2D eigenvalue weighted by Crippen LogP contribution is 2.35. The number of nitrogens with one attached hydrogen (secondary N) is 1. The highest BCUT2D eigenvalue weighted by molar-refractivity contribution is 7.22. The number of rotatable bonds is 2. The Morgan fingerprint density at radius 2 is 1.73 bits per heavy atom. The van der Waals surface area contributed by atoms with Crippen molar-refractivity contribution in [2.45, 2.75) is 20.0 Å². The normalized spacial score (nSPS) is 11.9. The largest absolute Gasteiger partial charge is 0.416 e. The van der Waals surface area contributed by atoms with Crippen molar-refractivity contribution in [1.29, 1.82) is 0 Å². The van der Waals surface area contributed by atoms with E-state index in [2.05, 4.69) is 10.3 Å². The summed E-state index contributed by atoms with van der Waals surface area (Å²) in [5.41, 5.74) is 2.98. The summed E-state index contributed by atoms with van der Waals surface area (Å²) in [6.07, 6.45) is -4.33. The molecule has 0 saturated heterocycles. The number of hydrogen-bond acceptors (Lipinski definition) is 3. The number of thiazole rings is 1. The van der Waals surface area contributed by atoms with Gasteiger partial charge in [0.1, 0.15) is 0 Å². The van der Waals surface area contributed by atoms with Crippen LogP contribution in [0.4, 0.5) is 24.0 Å². The fraction of sp³-hybridized carbons (Fsp3) is 0.188. The van der Waals surface area contributed by atoms with Gasteiger partial charge in [0, 0.05) is 5.69 Å². The van der Waals surface area contributed by atoms with Gasteiger partial charge in [-0.3, -0.25) is 0 Å². The molecule has 2 aromatic carbocycles. The molecule has 0 amide bonds.